The van der Waals surface area contributed by atoms with E-state index in [0.717, 1.165) is 11.1 Å². The van der Waals surface area contributed by atoms with Crippen LogP contribution in [0.1, 0.15) is 18.4 Å². The first-order valence-electron chi connectivity index (χ1n) is 9.59. The molecule has 0 spiro atoms. The summed E-state index contributed by atoms with van der Waals surface area (Å²) < 4.78 is 16.7. The van der Waals surface area contributed by atoms with Gasteiger partial charge in [-0.3, -0.25) is 9.59 Å². The van der Waals surface area contributed by atoms with E-state index in [1.807, 2.05) is 36.4 Å². The maximum absolute atomic E-state index is 12.3. The number of hydrogen-bond acceptors (Lipinski definition) is 5. The highest BCUT2D eigenvalue weighted by Gasteiger charge is 2.14. The molecule has 1 aliphatic heterocycles. The van der Waals surface area contributed by atoms with E-state index in [1.54, 1.807) is 12.1 Å². The van der Waals surface area contributed by atoms with Crippen LogP contribution in [0.25, 0.3) is 10.9 Å². The van der Waals surface area contributed by atoms with Crippen LogP contribution < -0.4 is 25.1 Å². The van der Waals surface area contributed by atoms with E-state index >= 15 is 0 Å². The van der Waals surface area contributed by atoms with E-state index in [-0.39, 0.29) is 18.0 Å². The van der Waals surface area contributed by atoms with Crippen molar-refractivity contribution >= 4 is 16.8 Å². The van der Waals surface area contributed by atoms with Gasteiger partial charge in [0.05, 0.1) is 12.1 Å². The van der Waals surface area contributed by atoms with Crippen molar-refractivity contribution in [2.45, 2.75) is 19.4 Å². The number of rotatable bonds is 7. The lowest BCUT2D eigenvalue weighted by Crippen LogP contribution is -2.26. The van der Waals surface area contributed by atoms with Crippen LogP contribution in [0.2, 0.25) is 0 Å². The molecule has 1 amide bonds. The van der Waals surface area contributed by atoms with Crippen LogP contribution in [-0.2, 0) is 11.3 Å². The number of fused-ring (bicyclic) bond motifs is 2. The first-order chi connectivity index (χ1) is 14.2. The summed E-state index contributed by atoms with van der Waals surface area (Å²) in [4.78, 5) is 27.3. The van der Waals surface area contributed by atoms with Gasteiger partial charge in [-0.1, -0.05) is 18.2 Å². The quantitative estimate of drug-likeness (QED) is 0.602. The predicted molar refractivity (Wildman–Crippen MR) is 109 cm³/mol. The molecule has 1 aromatic heterocycles. The highest BCUT2D eigenvalue weighted by atomic mass is 16.6. The minimum Gasteiger partial charge on any atom is -0.494 e. The molecule has 0 fully saturated rings. The molecule has 1 aliphatic rings. The van der Waals surface area contributed by atoms with Gasteiger partial charge in [-0.2, -0.15) is 0 Å². The third kappa shape index (κ3) is 4.68. The highest BCUT2D eigenvalue weighted by molar-refractivity contribution is 5.83. The van der Waals surface area contributed by atoms with E-state index in [2.05, 4.69) is 10.3 Å². The van der Waals surface area contributed by atoms with E-state index in [9.17, 15) is 9.59 Å². The number of para-hydroxylation sites is 1. The Balaban J connectivity index is 1.32. The molecule has 4 rings (SSSR count). The van der Waals surface area contributed by atoms with Crippen molar-refractivity contribution < 1.29 is 19.0 Å². The summed E-state index contributed by atoms with van der Waals surface area (Å²) >= 11 is 0. The van der Waals surface area contributed by atoms with Gasteiger partial charge >= 0.3 is 0 Å². The standard InChI is InChI=1S/C22H22N2O5/c25-21(7-4-8-27-17-5-2-1-3-6-17)23-14-16-11-15-12-19-20(29-10-9-28-19)13-18(15)24-22(16)26/h1-3,5-6,11-13H,4,7-10,14H2,(H,23,25)(H,24,26). The first kappa shape index (κ1) is 18.9. The fraction of sp³-hybridized carbons (Fsp3) is 0.273. The minimum atomic E-state index is -0.234. The summed E-state index contributed by atoms with van der Waals surface area (Å²) in [5.41, 5.74) is 0.928. The maximum Gasteiger partial charge on any atom is 0.253 e. The lowest BCUT2D eigenvalue weighted by molar-refractivity contribution is -0.121. The van der Waals surface area contributed by atoms with Gasteiger partial charge in [-0.15, -0.1) is 0 Å². The number of aromatic nitrogens is 1. The van der Waals surface area contributed by atoms with E-state index in [1.165, 1.54) is 0 Å². The Morgan fingerprint density at radius 2 is 1.83 bits per heavy atom. The molecule has 7 nitrogen and oxygen atoms in total. The topological polar surface area (TPSA) is 89.7 Å². The molecule has 0 aliphatic carbocycles. The summed E-state index contributed by atoms with van der Waals surface area (Å²) in [5.74, 6) is 1.94. The number of ether oxygens (including phenoxy) is 3. The van der Waals surface area contributed by atoms with Crippen LogP contribution in [0.5, 0.6) is 17.2 Å². The Labute approximate surface area is 167 Å². The molecular weight excluding hydrogens is 372 g/mol. The number of nitrogens with one attached hydrogen (secondary N) is 2. The van der Waals surface area contributed by atoms with Gasteiger partial charge in [0, 0.05) is 30.0 Å². The molecule has 0 unspecified atom stereocenters. The monoisotopic (exact) mass is 394 g/mol. The van der Waals surface area contributed by atoms with Gasteiger partial charge in [0.1, 0.15) is 19.0 Å². The Bertz CT molecular complexity index is 1060. The number of aromatic amines is 1. The summed E-state index contributed by atoms with van der Waals surface area (Å²) in [6.07, 6.45) is 0.926. The number of carbonyl (C=O) groups is 1. The summed E-state index contributed by atoms with van der Waals surface area (Å²) in [6.45, 7) is 1.61. The smallest absolute Gasteiger partial charge is 0.253 e. The zero-order chi connectivity index (χ0) is 20.1. The molecule has 0 atom stereocenters. The second kappa shape index (κ2) is 8.68. The Kier molecular flexibility index (Phi) is 5.65. The molecule has 0 bridgehead atoms. The zero-order valence-electron chi connectivity index (χ0n) is 15.9. The summed E-state index contributed by atoms with van der Waals surface area (Å²) in [6, 6.07) is 14.8. The van der Waals surface area contributed by atoms with Crippen molar-refractivity contribution in [3.63, 3.8) is 0 Å². The van der Waals surface area contributed by atoms with Crippen molar-refractivity contribution in [2.24, 2.45) is 0 Å². The third-order valence-corrected chi connectivity index (χ3v) is 4.62. The predicted octanol–water partition coefficient (Wildman–Crippen LogP) is 2.77. The van der Waals surface area contributed by atoms with Crippen LogP contribution in [0.4, 0.5) is 0 Å². The average Bonchev–Trinajstić information content (AvgIpc) is 2.74. The van der Waals surface area contributed by atoms with Crippen molar-refractivity contribution in [3.8, 4) is 17.2 Å². The molecule has 0 saturated heterocycles. The van der Waals surface area contributed by atoms with Gasteiger partial charge in [-0.25, -0.2) is 0 Å². The molecule has 2 heterocycles. The zero-order valence-corrected chi connectivity index (χ0v) is 15.9. The van der Waals surface area contributed by atoms with Crippen molar-refractivity contribution in [1.29, 1.82) is 0 Å². The molecule has 2 aromatic carbocycles. The molecule has 150 valence electrons. The maximum atomic E-state index is 12.3. The SMILES string of the molecule is O=C(CCCOc1ccccc1)NCc1cc2cc3c(cc2[nH]c1=O)OCCO3. The highest BCUT2D eigenvalue weighted by Crippen LogP contribution is 2.33. The van der Waals surface area contributed by atoms with Crippen molar-refractivity contribution in [2.75, 3.05) is 19.8 Å². The second-order valence-electron chi connectivity index (χ2n) is 6.75. The van der Waals surface area contributed by atoms with Crippen LogP contribution >= 0.6 is 0 Å². The van der Waals surface area contributed by atoms with Crippen LogP contribution in [-0.4, -0.2) is 30.7 Å². The third-order valence-electron chi connectivity index (χ3n) is 4.62. The van der Waals surface area contributed by atoms with Gasteiger partial charge < -0.3 is 24.5 Å². The van der Waals surface area contributed by atoms with Gasteiger partial charge in [0.2, 0.25) is 5.91 Å². The molecule has 0 radical (unpaired) electrons. The lowest BCUT2D eigenvalue weighted by atomic mass is 10.1. The Morgan fingerprint density at radius 1 is 1.07 bits per heavy atom. The number of H-pyrrole nitrogens is 1. The number of pyridine rings is 1. The van der Waals surface area contributed by atoms with Gasteiger partial charge in [0.15, 0.2) is 11.5 Å². The minimum absolute atomic E-state index is 0.122. The van der Waals surface area contributed by atoms with Crippen LogP contribution in [0.15, 0.2) is 53.3 Å². The molecule has 2 N–H and O–H groups in total. The average molecular weight is 394 g/mol. The second-order valence-corrected chi connectivity index (χ2v) is 6.75. The van der Waals surface area contributed by atoms with E-state index in [0.29, 0.717) is 55.2 Å². The van der Waals surface area contributed by atoms with Crippen LogP contribution in [0, 0.1) is 0 Å². The molecule has 29 heavy (non-hydrogen) atoms. The number of hydrogen-bond donors (Lipinski definition) is 2. The van der Waals surface area contributed by atoms with E-state index in [4.69, 9.17) is 14.2 Å². The number of carbonyl (C=O) groups excluding carboxylic acids is 1. The molecular formula is C22H22N2O5. The number of benzene rings is 2. The summed E-state index contributed by atoms with van der Waals surface area (Å²) in [5, 5.41) is 3.62. The molecule has 7 heteroatoms. The molecule has 0 saturated carbocycles. The lowest BCUT2D eigenvalue weighted by Gasteiger charge is -2.18. The fourth-order valence-corrected chi connectivity index (χ4v) is 3.14. The fourth-order valence-electron chi connectivity index (χ4n) is 3.14. The number of amides is 1. The van der Waals surface area contributed by atoms with Crippen molar-refractivity contribution in [3.05, 3.63) is 64.4 Å². The van der Waals surface area contributed by atoms with Crippen molar-refractivity contribution in [1.82, 2.24) is 10.3 Å². The molecule has 3 aromatic rings. The first-order valence-corrected chi connectivity index (χ1v) is 9.59. The van der Waals surface area contributed by atoms with E-state index < -0.39 is 0 Å². The van der Waals surface area contributed by atoms with Gasteiger partial charge in [0.25, 0.3) is 5.56 Å². The normalized spacial score (nSPS) is 12.6. The van der Waals surface area contributed by atoms with Gasteiger partial charge in [-0.05, 0) is 30.7 Å². The Morgan fingerprint density at radius 3 is 2.62 bits per heavy atom. The van der Waals surface area contributed by atoms with Crippen LogP contribution in [0.3, 0.4) is 0 Å². The largest absolute Gasteiger partial charge is 0.494 e. The Hall–Kier alpha value is -3.48. The summed E-state index contributed by atoms with van der Waals surface area (Å²) in [7, 11) is 0.